The highest BCUT2D eigenvalue weighted by Gasteiger charge is 2.39. The number of nitrogens with one attached hydrogen (secondary N) is 1. The van der Waals surface area contributed by atoms with Crippen molar-refractivity contribution in [1.82, 2.24) is 0 Å². The standard InChI is InChI=1S/C18H14Cl2FN/c19-11-8-15(20)17-13-2-1-3-14(13)18(22-16(17)9-11)10-4-6-12(21)7-5-10/h1-2,4-9,13-14,18,22H,3H2/t13-,14+,18-/m0/s1. The Morgan fingerprint density at radius 3 is 2.64 bits per heavy atom. The summed E-state index contributed by atoms with van der Waals surface area (Å²) in [6.45, 7) is 0. The van der Waals surface area contributed by atoms with Gasteiger partial charge in [0.1, 0.15) is 5.82 Å². The Hall–Kier alpha value is -1.51. The van der Waals surface area contributed by atoms with Gasteiger partial charge in [-0.1, -0.05) is 47.5 Å². The van der Waals surface area contributed by atoms with Crippen LogP contribution in [0.15, 0.2) is 48.6 Å². The normalized spacial score (nSPS) is 25.5. The molecule has 1 aliphatic heterocycles. The molecule has 0 aromatic heterocycles. The SMILES string of the molecule is Fc1ccc([C@@H]2Nc3cc(Cl)cc(Cl)c3[C@H]3C=CC[C@H]32)cc1. The second-order valence-electron chi connectivity index (χ2n) is 5.88. The Labute approximate surface area is 138 Å². The molecule has 1 nitrogen and oxygen atoms in total. The number of benzene rings is 2. The molecule has 1 N–H and O–H groups in total. The van der Waals surface area contributed by atoms with E-state index in [4.69, 9.17) is 23.2 Å². The second-order valence-corrected chi connectivity index (χ2v) is 6.72. The first-order chi connectivity index (χ1) is 10.6. The van der Waals surface area contributed by atoms with Crippen LogP contribution in [0, 0.1) is 11.7 Å². The van der Waals surface area contributed by atoms with E-state index < -0.39 is 0 Å². The molecule has 4 heteroatoms. The van der Waals surface area contributed by atoms with Crippen molar-refractivity contribution in [2.24, 2.45) is 5.92 Å². The van der Waals surface area contributed by atoms with Crippen LogP contribution in [-0.4, -0.2) is 0 Å². The largest absolute Gasteiger partial charge is 0.378 e. The first-order valence-electron chi connectivity index (χ1n) is 7.31. The number of fused-ring (bicyclic) bond motifs is 3. The van der Waals surface area contributed by atoms with Crippen molar-refractivity contribution in [2.45, 2.75) is 18.4 Å². The average molecular weight is 334 g/mol. The maximum Gasteiger partial charge on any atom is 0.123 e. The minimum absolute atomic E-state index is 0.127. The summed E-state index contributed by atoms with van der Waals surface area (Å²) in [6.07, 6.45) is 5.41. The third-order valence-corrected chi connectivity index (χ3v) is 5.14. The summed E-state index contributed by atoms with van der Waals surface area (Å²) in [4.78, 5) is 0. The lowest BCUT2D eigenvalue weighted by molar-refractivity contribution is 0.425. The van der Waals surface area contributed by atoms with Crippen LogP contribution >= 0.6 is 23.2 Å². The molecule has 0 unspecified atom stereocenters. The van der Waals surface area contributed by atoms with E-state index in [2.05, 4.69) is 17.5 Å². The van der Waals surface area contributed by atoms with Gasteiger partial charge in [0.15, 0.2) is 0 Å². The molecule has 0 saturated carbocycles. The van der Waals surface area contributed by atoms with Gasteiger partial charge in [0.2, 0.25) is 0 Å². The number of hydrogen-bond donors (Lipinski definition) is 1. The van der Waals surface area contributed by atoms with Gasteiger partial charge in [0.05, 0.1) is 6.04 Å². The maximum absolute atomic E-state index is 13.2. The summed E-state index contributed by atoms with van der Waals surface area (Å²) in [7, 11) is 0. The number of halogens is 3. The fourth-order valence-electron chi connectivity index (χ4n) is 3.64. The van der Waals surface area contributed by atoms with Gasteiger partial charge in [0.25, 0.3) is 0 Å². The van der Waals surface area contributed by atoms with E-state index >= 15 is 0 Å². The molecule has 112 valence electrons. The van der Waals surface area contributed by atoms with Gasteiger partial charge >= 0.3 is 0 Å². The van der Waals surface area contributed by atoms with Gasteiger partial charge in [-0.25, -0.2) is 4.39 Å². The highest BCUT2D eigenvalue weighted by molar-refractivity contribution is 6.35. The topological polar surface area (TPSA) is 12.0 Å². The molecule has 1 aliphatic carbocycles. The number of rotatable bonds is 1. The smallest absolute Gasteiger partial charge is 0.123 e. The number of hydrogen-bond acceptors (Lipinski definition) is 1. The Balaban J connectivity index is 1.82. The fraction of sp³-hybridized carbons (Fsp3) is 0.222. The Bertz CT molecular complexity index is 754. The summed E-state index contributed by atoms with van der Waals surface area (Å²) in [6, 6.07) is 10.6. The maximum atomic E-state index is 13.2. The number of anilines is 1. The zero-order chi connectivity index (χ0) is 15.3. The van der Waals surface area contributed by atoms with Gasteiger partial charge < -0.3 is 5.32 Å². The summed E-state index contributed by atoms with van der Waals surface area (Å²) >= 11 is 12.6. The average Bonchev–Trinajstić information content (AvgIpc) is 2.95. The predicted molar refractivity (Wildman–Crippen MR) is 89.2 cm³/mol. The van der Waals surface area contributed by atoms with Crippen molar-refractivity contribution in [1.29, 1.82) is 0 Å². The van der Waals surface area contributed by atoms with E-state index in [1.807, 2.05) is 18.2 Å². The molecule has 0 amide bonds. The molecule has 2 aliphatic rings. The Kier molecular flexibility index (Phi) is 3.39. The monoisotopic (exact) mass is 333 g/mol. The lowest BCUT2D eigenvalue weighted by Crippen LogP contribution is -2.29. The predicted octanol–water partition coefficient (Wildman–Crippen LogP) is 5.96. The molecule has 0 bridgehead atoms. The lowest BCUT2D eigenvalue weighted by Gasteiger charge is -2.38. The van der Waals surface area contributed by atoms with Crippen molar-refractivity contribution < 1.29 is 4.39 Å². The van der Waals surface area contributed by atoms with E-state index in [0.29, 0.717) is 16.0 Å². The zero-order valence-corrected chi connectivity index (χ0v) is 13.2. The number of allylic oxidation sites excluding steroid dienone is 2. The van der Waals surface area contributed by atoms with Gasteiger partial charge in [0, 0.05) is 27.2 Å². The van der Waals surface area contributed by atoms with Gasteiger partial charge in [-0.15, -0.1) is 0 Å². The molecule has 3 atom stereocenters. The molecular formula is C18H14Cl2FN. The third kappa shape index (κ3) is 2.22. The Morgan fingerprint density at radius 2 is 1.86 bits per heavy atom. The van der Waals surface area contributed by atoms with Crippen LogP contribution in [0.3, 0.4) is 0 Å². The van der Waals surface area contributed by atoms with Gasteiger partial charge in [-0.2, -0.15) is 0 Å². The quantitative estimate of drug-likeness (QED) is 0.635. The second kappa shape index (κ2) is 5.29. The summed E-state index contributed by atoms with van der Waals surface area (Å²) in [5.74, 6) is 0.444. The molecule has 4 rings (SSSR count). The van der Waals surface area contributed by atoms with Gasteiger partial charge in [-0.3, -0.25) is 0 Å². The van der Waals surface area contributed by atoms with Crippen LogP contribution in [-0.2, 0) is 0 Å². The minimum Gasteiger partial charge on any atom is -0.378 e. The van der Waals surface area contributed by atoms with Crippen LogP contribution in [0.4, 0.5) is 10.1 Å². The fourth-order valence-corrected chi connectivity index (χ4v) is 4.26. The molecule has 2 aromatic rings. The van der Waals surface area contributed by atoms with E-state index in [1.54, 1.807) is 6.07 Å². The molecular weight excluding hydrogens is 320 g/mol. The lowest BCUT2D eigenvalue weighted by atomic mass is 9.77. The van der Waals surface area contributed by atoms with Crippen molar-refractivity contribution in [2.75, 3.05) is 5.32 Å². The van der Waals surface area contributed by atoms with Gasteiger partial charge in [-0.05, 0) is 42.2 Å². The summed E-state index contributed by atoms with van der Waals surface area (Å²) in [5, 5.41) is 4.88. The van der Waals surface area contributed by atoms with Crippen LogP contribution in [0.5, 0.6) is 0 Å². The van der Waals surface area contributed by atoms with Crippen LogP contribution in [0.1, 0.15) is 29.5 Å². The van der Waals surface area contributed by atoms with Crippen molar-refractivity contribution in [3.8, 4) is 0 Å². The molecule has 2 aromatic carbocycles. The van der Waals surface area contributed by atoms with Crippen LogP contribution in [0.2, 0.25) is 10.0 Å². The van der Waals surface area contributed by atoms with E-state index in [-0.39, 0.29) is 17.8 Å². The van der Waals surface area contributed by atoms with E-state index in [0.717, 1.165) is 23.2 Å². The van der Waals surface area contributed by atoms with E-state index in [9.17, 15) is 4.39 Å². The molecule has 0 saturated heterocycles. The molecule has 0 radical (unpaired) electrons. The molecule has 1 heterocycles. The Morgan fingerprint density at radius 1 is 1.09 bits per heavy atom. The highest BCUT2D eigenvalue weighted by Crippen LogP contribution is 2.52. The molecule has 22 heavy (non-hydrogen) atoms. The highest BCUT2D eigenvalue weighted by atomic mass is 35.5. The minimum atomic E-state index is -0.216. The third-order valence-electron chi connectivity index (χ3n) is 4.61. The zero-order valence-electron chi connectivity index (χ0n) is 11.7. The van der Waals surface area contributed by atoms with E-state index in [1.165, 1.54) is 12.1 Å². The van der Waals surface area contributed by atoms with Crippen molar-refractivity contribution in [3.05, 3.63) is 75.5 Å². The van der Waals surface area contributed by atoms with Crippen LogP contribution < -0.4 is 5.32 Å². The molecule has 0 fully saturated rings. The molecule has 0 spiro atoms. The first-order valence-corrected chi connectivity index (χ1v) is 8.06. The summed E-state index contributed by atoms with van der Waals surface area (Å²) < 4.78 is 13.2. The summed E-state index contributed by atoms with van der Waals surface area (Å²) in [5.41, 5.74) is 3.17. The first kappa shape index (κ1) is 14.1. The van der Waals surface area contributed by atoms with Crippen molar-refractivity contribution in [3.63, 3.8) is 0 Å². The van der Waals surface area contributed by atoms with Crippen LogP contribution in [0.25, 0.3) is 0 Å². The van der Waals surface area contributed by atoms with Crippen molar-refractivity contribution >= 4 is 28.9 Å².